The molecule has 0 heterocycles. The van der Waals surface area contributed by atoms with Crippen molar-refractivity contribution in [3.63, 3.8) is 0 Å². The minimum Gasteiger partial charge on any atom is -0.0596 e. The highest BCUT2D eigenvalue weighted by atomic mass is 15.1. The lowest BCUT2D eigenvalue weighted by Gasteiger charge is -2.86. The van der Waals surface area contributed by atoms with E-state index in [4.69, 9.17) is 0 Å². The van der Waals surface area contributed by atoms with Gasteiger partial charge in [-0.2, -0.15) is 0 Å². The van der Waals surface area contributed by atoms with Crippen molar-refractivity contribution >= 4 is 0 Å². The molecule has 0 heteroatoms. The molecule has 2 bridgehead atoms. The summed E-state index contributed by atoms with van der Waals surface area (Å²) in [7, 11) is 0. The lowest BCUT2D eigenvalue weighted by Crippen LogP contribution is -2.83. The van der Waals surface area contributed by atoms with Gasteiger partial charge in [-0.15, -0.1) is 0 Å². The highest BCUT2D eigenvalue weighted by Crippen LogP contribution is 3.09. The molecule has 0 aromatic rings. The maximum absolute atomic E-state index is 2.81. The topological polar surface area (TPSA) is 0 Å². The van der Waals surface area contributed by atoms with Crippen LogP contribution in [0.2, 0.25) is 0 Å². The second-order valence-corrected chi connectivity index (χ2v) is 18.9. The summed E-state index contributed by atoms with van der Waals surface area (Å²) >= 11 is 0. The van der Waals surface area contributed by atoms with Crippen LogP contribution in [0.4, 0.5) is 0 Å². The molecular formula is C34H62. The van der Waals surface area contributed by atoms with Crippen molar-refractivity contribution in [2.45, 2.75) is 145 Å². The molecule has 4 rings (SSSR count). The molecule has 0 saturated heterocycles. The van der Waals surface area contributed by atoms with Crippen molar-refractivity contribution in [3.05, 3.63) is 0 Å². The molecule has 0 radical (unpaired) electrons. The Bertz CT molecular complexity index is 966. The van der Waals surface area contributed by atoms with Crippen molar-refractivity contribution in [1.29, 1.82) is 0 Å². The van der Waals surface area contributed by atoms with Crippen molar-refractivity contribution < 1.29 is 0 Å². The van der Waals surface area contributed by atoms with Crippen LogP contribution in [0.3, 0.4) is 0 Å². The molecule has 0 amide bonds. The summed E-state index contributed by atoms with van der Waals surface area (Å²) in [5, 5.41) is 0. The van der Waals surface area contributed by atoms with Crippen LogP contribution < -0.4 is 0 Å². The zero-order chi connectivity index (χ0) is 27.2. The van der Waals surface area contributed by atoms with E-state index in [2.05, 4.69) is 138 Å². The third kappa shape index (κ3) is 1.55. The van der Waals surface area contributed by atoms with Gasteiger partial charge in [-0.3, -0.25) is 0 Å². The van der Waals surface area contributed by atoms with E-state index in [0.717, 1.165) is 0 Å². The van der Waals surface area contributed by atoms with Gasteiger partial charge in [0.2, 0.25) is 0 Å². The minimum absolute atomic E-state index is 0.173. The molecule has 4 saturated carbocycles. The molecule has 0 aromatic carbocycles. The molecule has 0 N–H and O–H groups in total. The Morgan fingerprint density at radius 3 is 1.00 bits per heavy atom. The zero-order valence-corrected chi connectivity index (χ0v) is 27.2. The average Bonchev–Trinajstić information content (AvgIpc) is 2.75. The number of rotatable bonds is 0. The van der Waals surface area contributed by atoms with E-state index in [-0.39, 0.29) is 70.4 Å². The number of hydrogen-bond donors (Lipinski definition) is 0. The van der Waals surface area contributed by atoms with Gasteiger partial charge < -0.3 is 0 Å². The third-order valence-corrected chi connectivity index (χ3v) is 18.7. The van der Waals surface area contributed by atoms with E-state index >= 15 is 0 Å². The molecule has 0 aromatic heterocycles. The van der Waals surface area contributed by atoms with Crippen molar-refractivity contribution in [2.75, 3.05) is 0 Å². The second-order valence-electron chi connectivity index (χ2n) is 18.9. The smallest absolute Gasteiger partial charge is 0.0131 e. The summed E-state index contributed by atoms with van der Waals surface area (Å²) in [4.78, 5) is 0. The average molecular weight is 471 g/mol. The number of fused-ring (bicyclic) bond motifs is 8. The Hall–Kier alpha value is 0. The molecule has 4 aliphatic rings. The monoisotopic (exact) mass is 470 g/mol. The largest absolute Gasteiger partial charge is 0.0596 e. The van der Waals surface area contributed by atoms with E-state index in [9.17, 15) is 0 Å². The molecule has 0 spiro atoms. The van der Waals surface area contributed by atoms with Crippen molar-refractivity contribution in [1.82, 2.24) is 0 Å². The van der Waals surface area contributed by atoms with Gasteiger partial charge in [-0.1, -0.05) is 138 Å². The fraction of sp³-hybridized carbons (Fsp3) is 1.00. The molecule has 0 nitrogen and oxygen atoms in total. The van der Waals surface area contributed by atoms with E-state index in [0.29, 0.717) is 0 Å². The summed E-state index contributed by atoms with van der Waals surface area (Å²) in [6, 6.07) is 0. The molecule has 7 atom stereocenters. The highest BCUT2D eigenvalue weighted by molar-refractivity contribution is 5.51. The maximum Gasteiger partial charge on any atom is -0.0131 e. The second kappa shape index (κ2) is 5.41. The van der Waals surface area contributed by atoms with Crippen LogP contribution in [-0.2, 0) is 0 Å². The summed E-state index contributed by atoms with van der Waals surface area (Å²) in [5.41, 5.74) is 2.72. The predicted molar refractivity (Wildman–Crippen MR) is 150 cm³/mol. The van der Waals surface area contributed by atoms with Gasteiger partial charge >= 0.3 is 0 Å². The van der Waals surface area contributed by atoms with E-state index in [1.807, 2.05) is 0 Å². The first-order valence-corrected chi connectivity index (χ1v) is 14.5. The minimum atomic E-state index is 0.173. The molecule has 7 unspecified atom stereocenters. The van der Waals surface area contributed by atoms with Crippen LogP contribution >= 0.6 is 0 Å². The lowest BCUT2D eigenvalue weighted by atomic mass is 9.17. The van der Waals surface area contributed by atoms with Crippen LogP contribution in [-0.4, -0.2) is 0 Å². The van der Waals surface area contributed by atoms with Gasteiger partial charge in [0.05, 0.1) is 0 Å². The first-order chi connectivity index (χ1) is 14.5. The normalized spacial score (nSPS) is 57.5. The van der Waals surface area contributed by atoms with Gasteiger partial charge in [0.15, 0.2) is 0 Å². The molecule has 0 aliphatic heterocycles. The Morgan fingerprint density at radius 2 is 0.676 bits per heavy atom. The summed E-state index contributed by atoms with van der Waals surface area (Å²) in [6.07, 6.45) is 1.31. The molecule has 198 valence electrons. The van der Waals surface area contributed by atoms with Crippen molar-refractivity contribution in [3.8, 4) is 0 Å². The summed E-state index contributed by atoms with van der Waals surface area (Å²) in [5.74, 6) is 0. The summed E-state index contributed by atoms with van der Waals surface area (Å²) < 4.78 is 0. The molecule has 4 fully saturated rings. The summed E-state index contributed by atoms with van der Waals surface area (Å²) in [6.45, 7) is 53.7. The van der Waals surface area contributed by atoms with Gasteiger partial charge in [-0.05, 0) is 76.8 Å². The SMILES string of the molecule is CC(C)(C)C1(C)C(C)(C)C(C)(C)C2(C)C1(C)C1(C)C3(C)C(C)(C)CC(C)(C)C(C)(C3(C)C)C21C. The Morgan fingerprint density at radius 1 is 0.353 bits per heavy atom. The molecule has 4 aliphatic carbocycles. The van der Waals surface area contributed by atoms with Gasteiger partial charge in [-0.25, -0.2) is 0 Å². The fourth-order valence-corrected chi connectivity index (χ4v) is 16.0. The Kier molecular flexibility index (Phi) is 4.31. The highest BCUT2D eigenvalue weighted by Gasteiger charge is 3.05. The first-order valence-electron chi connectivity index (χ1n) is 14.5. The van der Waals surface area contributed by atoms with Crippen LogP contribution in [0.25, 0.3) is 0 Å². The van der Waals surface area contributed by atoms with Crippen LogP contribution in [0, 0.1) is 70.4 Å². The van der Waals surface area contributed by atoms with Crippen LogP contribution in [0.15, 0.2) is 0 Å². The predicted octanol–water partition coefficient (Wildman–Crippen LogP) is 10.7. The standard InChI is InChI=1S/C34H62/c1-22(2,3)28(14)25(8,9)26(10,11)31(17)32(28,18)34(20)30(16)24(6,7)21-23(4,5)29(15,27(30,12)13)33(31,34)19/h21H2,1-20H3. The lowest BCUT2D eigenvalue weighted by molar-refractivity contribution is -0.402. The molecular weight excluding hydrogens is 408 g/mol. The zero-order valence-electron chi connectivity index (χ0n) is 27.2. The van der Waals surface area contributed by atoms with E-state index in [1.54, 1.807) is 0 Å². The van der Waals surface area contributed by atoms with Gasteiger partial charge in [0, 0.05) is 0 Å². The van der Waals surface area contributed by atoms with Crippen molar-refractivity contribution in [2.24, 2.45) is 70.4 Å². The maximum atomic E-state index is 2.81. The van der Waals surface area contributed by atoms with E-state index < -0.39 is 0 Å². The van der Waals surface area contributed by atoms with Crippen LogP contribution in [0.5, 0.6) is 0 Å². The first kappa shape index (κ1) is 27.0. The fourth-order valence-electron chi connectivity index (χ4n) is 16.0. The molecule has 34 heavy (non-hydrogen) atoms. The Balaban J connectivity index is 2.33. The van der Waals surface area contributed by atoms with E-state index in [1.165, 1.54) is 6.42 Å². The quantitative estimate of drug-likeness (QED) is 0.330. The van der Waals surface area contributed by atoms with Crippen LogP contribution in [0.1, 0.15) is 145 Å². The van der Waals surface area contributed by atoms with Gasteiger partial charge in [0.1, 0.15) is 0 Å². The third-order valence-electron chi connectivity index (χ3n) is 18.7. The Labute approximate surface area is 215 Å². The van der Waals surface area contributed by atoms with Gasteiger partial charge in [0.25, 0.3) is 0 Å². The number of hydrogen-bond acceptors (Lipinski definition) is 0.